The first-order valence-electron chi connectivity index (χ1n) is 9.65. The molecule has 28 heavy (non-hydrogen) atoms. The lowest BCUT2D eigenvalue weighted by Gasteiger charge is -2.30. The van der Waals surface area contributed by atoms with E-state index in [0.29, 0.717) is 5.69 Å². The maximum atomic E-state index is 13.6. The van der Waals surface area contributed by atoms with Crippen molar-refractivity contribution in [3.05, 3.63) is 65.5 Å². The van der Waals surface area contributed by atoms with Gasteiger partial charge >= 0.3 is 0 Å². The molecule has 1 fully saturated rings. The number of hydrogen-bond acceptors (Lipinski definition) is 3. The molecule has 3 rings (SSSR count). The Morgan fingerprint density at radius 1 is 1.14 bits per heavy atom. The second-order valence-electron chi connectivity index (χ2n) is 7.39. The van der Waals surface area contributed by atoms with Gasteiger partial charge in [0.15, 0.2) is 0 Å². The number of halogens is 1. The van der Waals surface area contributed by atoms with Gasteiger partial charge in [0.05, 0.1) is 12.1 Å². The van der Waals surface area contributed by atoms with Crippen molar-refractivity contribution in [2.75, 3.05) is 25.0 Å². The van der Waals surface area contributed by atoms with E-state index in [2.05, 4.69) is 22.5 Å². The molecule has 2 N–H and O–H groups in total. The van der Waals surface area contributed by atoms with Crippen LogP contribution in [-0.4, -0.2) is 36.3 Å². The number of likely N-dealkylation sites (tertiary alicyclic amines) is 1. The Morgan fingerprint density at radius 2 is 1.89 bits per heavy atom. The molecule has 1 saturated heterocycles. The standard InChI is InChI=1S/C22H26FN3O2/c1-16-5-4-12-26(14-16)15-17-8-10-18(11-9-17)25-21(27)13-24-22(28)19-6-2-3-7-20(19)23/h2-3,6-11,16H,4-5,12-15H2,1H3,(H,24,28)(H,25,27)/t16-/m1/s1. The van der Waals surface area contributed by atoms with Gasteiger partial charge in [-0.2, -0.15) is 0 Å². The van der Waals surface area contributed by atoms with Crippen LogP contribution in [0.2, 0.25) is 0 Å². The second-order valence-corrected chi connectivity index (χ2v) is 7.39. The van der Waals surface area contributed by atoms with Crippen molar-refractivity contribution in [2.45, 2.75) is 26.3 Å². The second kappa shape index (κ2) is 9.46. The van der Waals surface area contributed by atoms with Crippen molar-refractivity contribution >= 4 is 17.5 Å². The van der Waals surface area contributed by atoms with Crippen LogP contribution in [0.3, 0.4) is 0 Å². The van der Waals surface area contributed by atoms with Gasteiger partial charge in [-0.1, -0.05) is 31.2 Å². The van der Waals surface area contributed by atoms with Gasteiger partial charge in [-0.05, 0) is 55.1 Å². The molecule has 0 spiro atoms. The molecule has 1 atom stereocenters. The molecule has 0 saturated carbocycles. The van der Waals surface area contributed by atoms with Crippen LogP contribution < -0.4 is 10.6 Å². The number of nitrogens with zero attached hydrogens (tertiary/aromatic N) is 1. The van der Waals surface area contributed by atoms with E-state index in [1.165, 1.54) is 36.6 Å². The topological polar surface area (TPSA) is 61.4 Å². The largest absolute Gasteiger partial charge is 0.343 e. The third-order valence-electron chi connectivity index (χ3n) is 4.91. The van der Waals surface area contributed by atoms with Crippen molar-refractivity contribution in [2.24, 2.45) is 5.92 Å². The summed E-state index contributed by atoms with van der Waals surface area (Å²) in [6.07, 6.45) is 2.54. The summed E-state index contributed by atoms with van der Waals surface area (Å²) in [6.45, 7) is 5.23. The predicted molar refractivity (Wildman–Crippen MR) is 107 cm³/mol. The average Bonchev–Trinajstić information content (AvgIpc) is 2.68. The van der Waals surface area contributed by atoms with Crippen molar-refractivity contribution in [1.82, 2.24) is 10.2 Å². The molecule has 0 aromatic heterocycles. The molecule has 6 heteroatoms. The number of benzene rings is 2. The molecular weight excluding hydrogens is 357 g/mol. The van der Waals surface area contributed by atoms with E-state index in [0.717, 1.165) is 25.6 Å². The van der Waals surface area contributed by atoms with Gasteiger partial charge in [0.25, 0.3) is 5.91 Å². The molecule has 0 radical (unpaired) electrons. The van der Waals surface area contributed by atoms with Gasteiger partial charge < -0.3 is 10.6 Å². The van der Waals surface area contributed by atoms with Crippen LogP contribution in [0.15, 0.2) is 48.5 Å². The SMILES string of the molecule is C[C@@H]1CCCN(Cc2ccc(NC(=O)CNC(=O)c3ccccc3F)cc2)C1. The summed E-state index contributed by atoms with van der Waals surface area (Å²) in [7, 11) is 0. The van der Waals surface area contributed by atoms with Crippen LogP contribution in [-0.2, 0) is 11.3 Å². The number of nitrogens with one attached hydrogen (secondary N) is 2. The number of anilines is 1. The number of carbonyl (C=O) groups is 2. The Bertz CT molecular complexity index is 823. The molecule has 1 heterocycles. The molecule has 2 aromatic carbocycles. The molecular formula is C22H26FN3O2. The lowest BCUT2D eigenvalue weighted by Crippen LogP contribution is -2.33. The van der Waals surface area contributed by atoms with E-state index in [4.69, 9.17) is 0 Å². The fourth-order valence-electron chi connectivity index (χ4n) is 3.49. The molecule has 1 aliphatic rings. The highest BCUT2D eigenvalue weighted by molar-refractivity contribution is 5.99. The fraction of sp³-hybridized carbons (Fsp3) is 0.364. The molecule has 0 unspecified atom stereocenters. The summed E-state index contributed by atoms with van der Waals surface area (Å²) in [5.74, 6) is -0.840. The van der Waals surface area contributed by atoms with Gasteiger partial charge in [0.1, 0.15) is 5.82 Å². The highest BCUT2D eigenvalue weighted by Gasteiger charge is 2.16. The van der Waals surface area contributed by atoms with E-state index >= 15 is 0 Å². The maximum Gasteiger partial charge on any atom is 0.254 e. The summed E-state index contributed by atoms with van der Waals surface area (Å²) >= 11 is 0. The van der Waals surface area contributed by atoms with E-state index in [-0.39, 0.29) is 18.0 Å². The predicted octanol–water partition coefficient (Wildman–Crippen LogP) is 3.43. The smallest absolute Gasteiger partial charge is 0.254 e. The van der Waals surface area contributed by atoms with Crippen LogP contribution in [0.5, 0.6) is 0 Å². The maximum absolute atomic E-state index is 13.6. The molecule has 0 bridgehead atoms. The minimum absolute atomic E-state index is 0.0771. The summed E-state index contributed by atoms with van der Waals surface area (Å²) in [5, 5.41) is 5.17. The average molecular weight is 383 g/mol. The summed E-state index contributed by atoms with van der Waals surface area (Å²) in [6, 6.07) is 13.4. The monoisotopic (exact) mass is 383 g/mol. The van der Waals surface area contributed by atoms with Crippen molar-refractivity contribution < 1.29 is 14.0 Å². The zero-order valence-corrected chi connectivity index (χ0v) is 16.1. The summed E-state index contributed by atoms with van der Waals surface area (Å²) in [5.41, 5.74) is 1.80. The Labute approximate surface area is 164 Å². The van der Waals surface area contributed by atoms with Crippen LogP contribution >= 0.6 is 0 Å². The third-order valence-corrected chi connectivity index (χ3v) is 4.91. The van der Waals surface area contributed by atoms with Crippen molar-refractivity contribution in [3.8, 4) is 0 Å². The van der Waals surface area contributed by atoms with Gasteiger partial charge in [-0.15, -0.1) is 0 Å². The van der Waals surface area contributed by atoms with Crippen LogP contribution in [0, 0.1) is 11.7 Å². The first kappa shape index (κ1) is 20.0. The summed E-state index contributed by atoms with van der Waals surface area (Å²) in [4.78, 5) is 26.4. The van der Waals surface area contributed by atoms with Crippen LogP contribution in [0.25, 0.3) is 0 Å². The molecule has 0 aliphatic carbocycles. The van der Waals surface area contributed by atoms with E-state index in [1.807, 2.05) is 24.3 Å². The number of rotatable bonds is 6. The number of piperidine rings is 1. The van der Waals surface area contributed by atoms with Gasteiger partial charge in [0.2, 0.25) is 5.91 Å². The summed E-state index contributed by atoms with van der Waals surface area (Å²) < 4.78 is 13.6. The first-order valence-corrected chi connectivity index (χ1v) is 9.65. The zero-order chi connectivity index (χ0) is 19.9. The molecule has 5 nitrogen and oxygen atoms in total. The number of hydrogen-bond donors (Lipinski definition) is 2. The molecule has 2 amide bonds. The van der Waals surface area contributed by atoms with Crippen molar-refractivity contribution in [1.29, 1.82) is 0 Å². The third kappa shape index (κ3) is 5.63. The Balaban J connectivity index is 1.46. The van der Waals surface area contributed by atoms with Crippen LogP contribution in [0.4, 0.5) is 10.1 Å². The first-order chi connectivity index (χ1) is 13.5. The molecule has 2 aromatic rings. The minimum Gasteiger partial charge on any atom is -0.343 e. The molecule has 1 aliphatic heterocycles. The minimum atomic E-state index is -0.612. The van der Waals surface area contributed by atoms with Gasteiger partial charge in [0, 0.05) is 18.8 Å². The van der Waals surface area contributed by atoms with Gasteiger partial charge in [-0.3, -0.25) is 14.5 Å². The lowest BCUT2D eigenvalue weighted by atomic mass is 10.00. The number of amides is 2. The van der Waals surface area contributed by atoms with Crippen molar-refractivity contribution in [3.63, 3.8) is 0 Å². The van der Waals surface area contributed by atoms with Gasteiger partial charge in [-0.25, -0.2) is 4.39 Å². The van der Waals surface area contributed by atoms with E-state index in [1.54, 1.807) is 6.07 Å². The van der Waals surface area contributed by atoms with E-state index < -0.39 is 11.7 Å². The van der Waals surface area contributed by atoms with E-state index in [9.17, 15) is 14.0 Å². The fourth-order valence-corrected chi connectivity index (χ4v) is 3.49. The quantitative estimate of drug-likeness (QED) is 0.803. The Morgan fingerprint density at radius 3 is 2.61 bits per heavy atom. The Kier molecular flexibility index (Phi) is 6.76. The highest BCUT2D eigenvalue weighted by Crippen LogP contribution is 2.18. The molecule has 148 valence electrons. The normalized spacial score (nSPS) is 17.1. The lowest BCUT2D eigenvalue weighted by molar-refractivity contribution is -0.115. The highest BCUT2D eigenvalue weighted by atomic mass is 19.1. The Hall–Kier alpha value is -2.73. The zero-order valence-electron chi connectivity index (χ0n) is 16.1. The van der Waals surface area contributed by atoms with Crippen LogP contribution in [0.1, 0.15) is 35.7 Å². The number of carbonyl (C=O) groups excluding carboxylic acids is 2.